The Labute approximate surface area is 117 Å². The third-order valence-corrected chi connectivity index (χ3v) is 3.52. The van der Waals surface area contributed by atoms with Gasteiger partial charge in [-0.3, -0.25) is 0 Å². The van der Waals surface area contributed by atoms with Crippen LogP contribution in [0.2, 0.25) is 5.02 Å². The number of nitrogens with two attached hydrogens (primary N) is 1. The molecule has 6 heteroatoms. The average Bonchev–Trinajstić information content (AvgIpc) is 2.43. The summed E-state index contributed by atoms with van der Waals surface area (Å²) in [6.45, 7) is 3.94. The van der Waals surface area contributed by atoms with Crippen LogP contribution < -0.4 is 11.1 Å². The van der Waals surface area contributed by atoms with E-state index in [0.717, 1.165) is 5.56 Å². The summed E-state index contributed by atoms with van der Waals surface area (Å²) in [5.41, 5.74) is 7.23. The lowest BCUT2D eigenvalue weighted by molar-refractivity contribution is -0.00660. The van der Waals surface area contributed by atoms with Crippen molar-refractivity contribution in [2.75, 3.05) is 31.6 Å². The van der Waals surface area contributed by atoms with Gasteiger partial charge in [0, 0.05) is 30.3 Å². The zero-order valence-electron chi connectivity index (χ0n) is 10.9. The molecule has 0 spiro atoms. The van der Waals surface area contributed by atoms with Crippen LogP contribution in [0.4, 0.5) is 10.5 Å². The number of ether oxygens (including phenoxy) is 1. The standard InChI is InChI=1S/C13H18ClN3O2/c1-9-2-3-10(6-12(9)14)16-13(18)17-4-5-19-11(7-15)8-17/h2-3,6,11H,4-5,7-8,15H2,1H3,(H,16,18). The summed E-state index contributed by atoms with van der Waals surface area (Å²) in [6, 6.07) is 5.30. The van der Waals surface area contributed by atoms with Crippen molar-refractivity contribution in [2.24, 2.45) is 5.73 Å². The van der Waals surface area contributed by atoms with E-state index >= 15 is 0 Å². The lowest BCUT2D eigenvalue weighted by Crippen LogP contribution is -2.49. The Balaban J connectivity index is 1.98. The van der Waals surface area contributed by atoms with Gasteiger partial charge in [-0.25, -0.2) is 4.79 Å². The molecule has 0 bridgehead atoms. The van der Waals surface area contributed by atoms with Crippen molar-refractivity contribution < 1.29 is 9.53 Å². The number of morpholine rings is 1. The number of nitrogens with zero attached hydrogens (tertiary/aromatic N) is 1. The van der Waals surface area contributed by atoms with E-state index in [1.807, 2.05) is 19.1 Å². The summed E-state index contributed by atoms with van der Waals surface area (Å²) in [5.74, 6) is 0. The van der Waals surface area contributed by atoms with E-state index in [9.17, 15) is 4.79 Å². The van der Waals surface area contributed by atoms with Gasteiger partial charge in [0.05, 0.1) is 12.7 Å². The lowest BCUT2D eigenvalue weighted by atomic mass is 10.2. The third-order valence-electron chi connectivity index (χ3n) is 3.11. The second-order valence-electron chi connectivity index (χ2n) is 4.57. The van der Waals surface area contributed by atoms with Crippen molar-refractivity contribution >= 4 is 23.3 Å². The number of anilines is 1. The minimum absolute atomic E-state index is 0.0823. The van der Waals surface area contributed by atoms with Crippen LogP contribution in [0.15, 0.2) is 18.2 Å². The molecular weight excluding hydrogens is 266 g/mol. The van der Waals surface area contributed by atoms with E-state index in [1.54, 1.807) is 11.0 Å². The molecule has 2 rings (SSSR count). The first-order chi connectivity index (χ1) is 9.10. The molecule has 1 aliphatic heterocycles. The SMILES string of the molecule is Cc1ccc(NC(=O)N2CCOC(CN)C2)cc1Cl. The molecular formula is C13H18ClN3O2. The second-order valence-corrected chi connectivity index (χ2v) is 4.98. The fraction of sp³-hybridized carbons (Fsp3) is 0.462. The average molecular weight is 284 g/mol. The maximum atomic E-state index is 12.1. The molecule has 5 nitrogen and oxygen atoms in total. The zero-order chi connectivity index (χ0) is 13.8. The normalized spacial score (nSPS) is 19.3. The predicted octanol–water partition coefficient (Wildman–Crippen LogP) is 1.84. The number of hydrogen-bond acceptors (Lipinski definition) is 3. The first-order valence-electron chi connectivity index (χ1n) is 6.24. The van der Waals surface area contributed by atoms with Crippen LogP contribution in [0.3, 0.4) is 0 Å². The summed E-state index contributed by atoms with van der Waals surface area (Å²) >= 11 is 6.03. The highest BCUT2D eigenvalue weighted by Crippen LogP contribution is 2.20. The molecule has 1 aliphatic rings. The first-order valence-corrected chi connectivity index (χ1v) is 6.61. The zero-order valence-corrected chi connectivity index (χ0v) is 11.6. The van der Waals surface area contributed by atoms with Gasteiger partial charge in [0.2, 0.25) is 0 Å². The van der Waals surface area contributed by atoms with Crippen LogP contribution in [0.1, 0.15) is 5.56 Å². The van der Waals surface area contributed by atoms with E-state index in [2.05, 4.69) is 5.32 Å². The van der Waals surface area contributed by atoms with Gasteiger partial charge in [-0.1, -0.05) is 17.7 Å². The molecule has 3 N–H and O–H groups in total. The van der Waals surface area contributed by atoms with Crippen LogP contribution in [-0.4, -0.2) is 43.3 Å². The largest absolute Gasteiger partial charge is 0.373 e. The van der Waals surface area contributed by atoms with Gasteiger partial charge in [-0.05, 0) is 24.6 Å². The Hall–Kier alpha value is -1.30. The second kappa shape index (κ2) is 6.23. The van der Waals surface area contributed by atoms with Crippen LogP contribution in [0, 0.1) is 6.92 Å². The maximum Gasteiger partial charge on any atom is 0.322 e. The number of rotatable bonds is 2. The van der Waals surface area contributed by atoms with Crippen molar-refractivity contribution in [1.29, 1.82) is 0 Å². The molecule has 0 aliphatic carbocycles. The van der Waals surface area contributed by atoms with Crippen LogP contribution >= 0.6 is 11.6 Å². The van der Waals surface area contributed by atoms with Crippen LogP contribution in [0.25, 0.3) is 0 Å². The van der Waals surface area contributed by atoms with Gasteiger partial charge in [0.15, 0.2) is 0 Å². The van der Waals surface area contributed by atoms with Gasteiger partial charge in [0.1, 0.15) is 0 Å². The molecule has 104 valence electrons. The molecule has 0 radical (unpaired) electrons. The summed E-state index contributed by atoms with van der Waals surface area (Å²) in [6.07, 6.45) is -0.0823. The molecule has 2 amide bonds. The minimum atomic E-state index is -0.151. The Morgan fingerprint density at radius 1 is 1.63 bits per heavy atom. The van der Waals surface area contributed by atoms with Gasteiger partial charge < -0.3 is 20.7 Å². The Morgan fingerprint density at radius 3 is 3.11 bits per heavy atom. The number of halogens is 1. The highest BCUT2D eigenvalue weighted by Gasteiger charge is 2.23. The van der Waals surface area contributed by atoms with Crippen molar-refractivity contribution in [3.63, 3.8) is 0 Å². The Kier molecular flexibility index (Phi) is 4.63. The Bertz CT molecular complexity index is 467. The molecule has 0 aromatic heterocycles. The fourth-order valence-electron chi connectivity index (χ4n) is 1.92. The van der Waals surface area contributed by atoms with Crippen molar-refractivity contribution in [3.8, 4) is 0 Å². The molecule has 1 aromatic rings. The third kappa shape index (κ3) is 3.59. The smallest absolute Gasteiger partial charge is 0.322 e. The number of hydrogen-bond donors (Lipinski definition) is 2. The van der Waals surface area contributed by atoms with E-state index in [4.69, 9.17) is 22.1 Å². The van der Waals surface area contributed by atoms with Crippen molar-refractivity contribution in [3.05, 3.63) is 28.8 Å². The van der Waals surface area contributed by atoms with Gasteiger partial charge in [-0.15, -0.1) is 0 Å². The Morgan fingerprint density at radius 2 is 2.42 bits per heavy atom. The van der Waals surface area contributed by atoms with E-state index in [1.165, 1.54) is 0 Å². The van der Waals surface area contributed by atoms with Crippen LogP contribution in [0.5, 0.6) is 0 Å². The molecule has 1 atom stereocenters. The number of carbonyl (C=O) groups excluding carboxylic acids is 1. The minimum Gasteiger partial charge on any atom is -0.373 e. The summed E-state index contributed by atoms with van der Waals surface area (Å²) in [7, 11) is 0. The summed E-state index contributed by atoms with van der Waals surface area (Å²) in [4.78, 5) is 13.8. The van der Waals surface area contributed by atoms with Crippen molar-refractivity contribution in [1.82, 2.24) is 4.90 Å². The first kappa shape index (κ1) is 14.1. The summed E-state index contributed by atoms with van der Waals surface area (Å²) in [5, 5.41) is 3.47. The molecule has 19 heavy (non-hydrogen) atoms. The molecule has 1 heterocycles. The molecule has 1 aromatic carbocycles. The number of carbonyl (C=O) groups is 1. The number of urea groups is 1. The van der Waals surface area contributed by atoms with E-state index < -0.39 is 0 Å². The molecule has 1 saturated heterocycles. The van der Waals surface area contributed by atoms with Crippen molar-refractivity contribution in [2.45, 2.75) is 13.0 Å². The number of amides is 2. The number of nitrogens with one attached hydrogen (secondary N) is 1. The summed E-state index contributed by atoms with van der Waals surface area (Å²) < 4.78 is 5.42. The monoisotopic (exact) mass is 283 g/mol. The van der Waals surface area contributed by atoms with Crippen LogP contribution in [-0.2, 0) is 4.74 Å². The highest BCUT2D eigenvalue weighted by atomic mass is 35.5. The van der Waals surface area contributed by atoms with E-state index in [0.29, 0.717) is 37.0 Å². The van der Waals surface area contributed by atoms with Gasteiger partial charge >= 0.3 is 6.03 Å². The maximum absolute atomic E-state index is 12.1. The molecule has 1 fully saturated rings. The topological polar surface area (TPSA) is 67.6 Å². The van der Waals surface area contributed by atoms with Gasteiger partial charge in [0.25, 0.3) is 0 Å². The molecule has 0 saturated carbocycles. The number of benzene rings is 1. The predicted molar refractivity (Wildman–Crippen MR) is 75.6 cm³/mol. The quantitative estimate of drug-likeness (QED) is 0.870. The highest BCUT2D eigenvalue weighted by molar-refractivity contribution is 6.31. The number of aryl methyl sites for hydroxylation is 1. The van der Waals surface area contributed by atoms with E-state index in [-0.39, 0.29) is 12.1 Å². The lowest BCUT2D eigenvalue weighted by Gasteiger charge is -2.32. The molecule has 1 unspecified atom stereocenters. The van der Waals surface area contributed by atoms with Gasteiger partial charge in [-0.2, -0.15) is 0 Å². The fourth-order valence-corrected chi connectivity index (χ4v) is 2.10.